The third-order valence-electron chi connectivity index (χ3n) is 4.40. The van der Waals surface area contributed by atoms with Crippen LogP contribution in [0.3, 0.4) is 0 Å². The Bertz CT molecular complexity index is 527. The van der Waals surface area contributed by atoms with Gasteiger partial charge in [0, 0.05) is 5.56 Å². The van der Waals surface area contributed by atoms with E-state index in [2.05, 4.69) is 22.3 Å². The lowest BCUT2D eigenvalue weighted by Gasteiger charge is -2.21. The maximum absolute atomic E-state index is 10.7. The van der Waals surface area contributed by atoms with Crippen molar-refractivity contribution in [2.75, 3.05) is 0 Å². The van der Waals surface area contributed by atoms with Gasteiger partial charge in [0.1, 0.15) is 0 Å². The number of rotatable bonds is 3. The first-order valence-corrected chi connectivity index (χ1v) is 7.63. The number of hydrogen-bond acceptors (Lipinski definition) is 2. The minimum absolute atomic E-state index is 0.373. The van der Waals surface area contributed by atoms with Crippen LogP contribution in [0.15, 0.2) is 36.5 Å². The van der Waals surface area contributed by atoms with Crippen LogP contribution >= 0.6 is 0 Å². The van der Waals surface area contributed by atoms with Crippen LogP contribution in [0.4, 0.5) is 0 Å². The molecular weight excluding hydrogens is 248 g/mol. The van der Waals surface area contributed by atoms with Crippen LogP contribution < -0.4 is 0 Å². The van der Waals surface area contributed by atoms with Gasteiger partial charge in [-0.2, -0.15) is 5.10 Å². The molecule has 0 radical (unpaired) electrons. The summed E-state index contributed by atoms with van der Waals surface area (Å²) >= 11 is 0. The quantitative estimate of drug-likeness (QED) is 0.826. The number of H-pyrrole nitrogens is 1. The first kappa shape index (κ1) is 13.4. The van der Waals surface area contributed by atoms with Gasteiger partial charge in [0.05, 0.1) is 18.0 Å². The van der Waals surface area contributed by atoms with Crippen LogP contribution in [0.5, 0.6) is 0 Å². The van der Waals surface area contributed by atoms with Crippen molar-refractivity contribution in [1.29, 1.82) is 0 Å². The maximum atomic E-state index is 10.7. The standard InChI is InChI=1S/C17H22N2O/c20-17(14-10-4-1-2-5-11-14)15-12-18-19-16(15)13-8-6-3-7-9-13/h3,6-9,12,14,17,20H,1-2,4-5,10-11H2,(H,18,19). The average molecular weight is 270 g/mol. The normalized spacial score (nSPS) is 18.6. The van der Waals surface area contributed by atoms with E-state index in [1.54, 1.807) is 6.20 Å². The summed E-state index contributed by atoms with van der Waals surface area (Å²) in [6.45, 7) is 0. The van der Waals surface area contributed by atoms with Crippen LogP contribution in [0.25, 0.3) is 11.3 Å². The lowest BCUT2D eigenvalue weighted by atomic mass is 9.88. The van der Waals surface area contributed by atoms with E-state index < -0.39 is 6.10 Å². The Labute approximate surface area is 120 Å². The molecule has 3 nitrogen and oxygen atoms in total. The van der Waals surface area contributed by atoms with Crippen molar-refractivity contribution < 1.29 is 5.11 Å². The Morgan fingerprint density at radius 1 is 1.05 bits per heavy atom. The average Bonchev–Trinajstić information content (AvgIpc) is 2.82. The summed E-state index contributed by atoms with van der Waals surface area (Å²) < 4.78 is 0. The molecule has 1 aromatic carbocycles. The number of aromatic amines is 1. The fraction of sp³-hybridized carbons (Fsp3) is 0.471. The summed E-state index contributed by atoms with van der Waals surface area (Å²) in [4.78, 5) is 0. The van der Waals surface area contributed by atoms with E-state index in [4.69, 9.17) is 0 Å². The molecule has 2 aromatic rings. The maximum Gasteiger partial charge on any atom is 0.0854 e. The highest BCUT2D eigenvalue weighted by Crippen LogP contribution is 2.36. The number of nitrogens with one attached hydrogen (secondary N) is 1. The van der Waals surface area contributed by atoms with Gasteiger partial charge in [0.15, 0.2) is 0 Å². The molecule has 3 heteroatoms. The van der Waals surface area contributed by atoms with Gasteiger partial charge in [0.25, 0.3) is 0 Å². The van der Waals surface area contributed by atoms with Crippen LogP contribution in [0.1, 0.15) is 50.2 Å². The monoisotopic (exact) mass is 270 g/mol. The number of hydrogen-bond donors (Lipinski definition) is 2. The summed E-state index contributed by atoms with van der Waals surface area (Å²) in [5.74, 6) is 0.373. The molecule has 1 aliphatic rings. The van der Waals surface area contributed by atoms with E-state index in [9.17, 15) is 5.11 Å². The van der Waals surface area contributed by atoms with Gasteiger partial charge in [-0.25, -0.2) is 0 Å². The molecule has 0 aliphatic heterocycles. The molecule has 1 aromatic heterocycles. The largest absolute Gasteiger partial charge is 0.388 e. The molecule has 2 N–H and O–H groups in total. The molecule has 0 saturated heterocycles. The lowest BCUT2D eigenvalue weighted by molar-refractivity contribution is 0.0993. The van der Waals surface area contributed by atoms with E-state index in [1.807, 2.05) is 18.2 Å². The molecule has 106 valence electrons. The summed E-state index contributed by atoms with van der Waals surface area (Å²) in [6, 6.07) is 10.1. The van der Waals surface area contributed by atoms with Gasteiger partial charge < -0.3 is 5.11 Å². The van der Waals surface area contributed by atoms with Crippen molar-refractivity contribution in [3.05, 3.63) is 42.1 Å². The van der Waals surface area contributed by atoms with Gasteiger partial charge in [-0.15, -0.1) is 0 Å². The Kier molecular flexibility index (Phi) is 4.16. The second kappa shape index (κ2) is 6.23. The van der Waals surface area contributed by atoms with E-state index >= 15 is 0 Å². The first-order valence-electron chi connectivity index (χ1n) is 7.63. The lowest BCUT2D eigenvalue weighted by Crippen LogP contribution is -2.12. The van der Waals surface area contributed by atoms with Crippen LogP contribution in [0, 0.1) is 5.92 Å². The smallest absolute Gasteiger partial charge is 0.0854 e. The fourth-order valence-electron chi connectivity index (χ4n) is 3.24. The summed E-state index contributed by atoms with van der Waals surface area (Å²) in [6.07, 6.45) is 8.72. The molecule has 1 aliphatic carbocycles. The zero-order valence-electron chi connectivity index (χ0n) is 11.8. The minimum atomic E-state index is -0.401. The van der Waals surface area contributed by atoms with E-state index in [0.29, 0.717) is 5.92 Å². The van der Waals surface area contributed by atoms with E-state index in [-0.39, 0.29) is 0 Å². The van der Waals surface area contributed by atoms with Gasteiger partial charge >= 0.3 is 0 Å². The van der Waals surface area contributed by atoms with Crippen molar-refractivity contribution in [3.63, 3.8) is 0 Å². The molecule has 0 spiro atoms. The molecule has 0 amide bonds. The Morgan fingerprint density at radius 2 is 1.75 bits per heavy atom. The highest BCUT2D eigenvalue weighted by atomic mass is 16.3. The highest BCUT2D eigenvalue weighted by molar-refractivity contribution is 5.62. The molecule has 0 bridgehead atoms. The number of aromatic nitrogens is 2. The zero-order valence-corrected chi connectivity index (χ0v) is 11.8. The van der Waals surface area contributed by atoms with E-state index in [0.717, 1.165) is 29.7 Å². The molecule has 1 unspecified atom stereocenters. The van der Waals surface area contributed by atoms with Gasteiger partial charge in [0.2, 0.25) is 0 Å². The van der Waals surface area contributed by atoms with Crippen molar-refractivity contribution in [2.45, 2.75) is 44.6 Å². The topological polar surface area (TPSA) is 48.9 Å². The predicted octanol–water partition coefficient (Wildman–Crippen LogP) is 4.08. The van der Waals surface area contributed by atoms with Gasteiger partial charge in [-0.05, 0) is 24.3 Å². The zero-order chi connectivity index (χ0) is 13.8. The predicted molar refractivity (Wildman–Crippen MR) is 80.2 cm³/mol. The third-order valence-corrected chi connectivity index (χ3v) is 4.40. The first-order chi connectivity index (χ1) is 9.86. The summed E-state index contributed by atoms with van der Waals surface area (Å²) in [5, 5.41) is 17.9. The second-order valence-electron chi connectivity index (χ2n) is 5.76. The molecule has 1 fully saturated rings. The molecule has 1 atom stereocenters. The third kappa shape index (κ3) is 2.78. The molecule has 1 heterocycles. The van der Waals surface area contributed by atoms with Crippen LogP contribution in [-0.4, -0.2) is 15.3 Å². The highest BCUT2D eigenvalue weighted by Gasteiger charge is 2.25. The molecule has 20 heavy (non-hydrogen) atoms. The molecule has 3 rings (SSSR count). The Balaban J connectivity index is 1.85. The van der Waals surface area contributed by atoms with Crippen molar-refractivity contribution in [3.8, 4) is 11.3 Å². The summed E-state index contributed by atoms with van der Waals surface area (Å²) in [7, 11) is 0. The Hall–Kier alpha value is -1.61. The summed E-state index contributed by atoms with van der Waals surface area (Å²) in [5.41, 5.74) is 3.00. The van der Waals surface area contributed by atoms with Crippen molar-refractivity contribution in [2.24, 2.45) is 5.92 Å². The van der Waals surface area contributed by atoms with Crippen molar-refractivity contribution in [1.82, 2.24) is 10.2 Å². The van der Waals surface area contributed by atoms with Crippen molar-refractivity contribution >= 4 is 0 Å². The molecule has 1 saturated carbocycles. The minimum Gasteiger partial charge on any atom is -0.388 e. The SMILES string of the molecule is OC(c1cn[nH]c1-c1ccccc1)C1CCCCCC1. The number of benzene rings is 1. The second-order valence-corrected chi connectivity index (χ2v) is 5.76. The number of aliphatic hydroxyl groups is 1. The Morgan fingerprint density at radius 3 is 2.45 bits per heavy atom. The number of nitrogens with zero attached hydrogens (tertiary/aromatic N) is 1. The van der Waals surface area contributed by atoms with E-state index in [1.165, 1.54) is 25.7 Å². The van der Waals surface area contributed by atoms with Gasteiger partial charge in [-0.3, -0.25) is 5.10 Å². The fourth-order valence-corrected chi connectivity index (χ4v) is 3.24. The van der Waals surface area contributed by atoms with Gasteiger partial charge in [-0.1, -0.05) is 56.0 Å². The van der Waals surface area contributed by atoms with Crippen LogP contribution in [-0.2, 0) is 0 Å². The number of aliphatic hydroxyl groups excluding tert-OH is 1. The molecular formula is C17H22N2O. The van der Waals surface area contributed by atoms with Crippen LogP contribution in [0.2, 0.25) is 0 Å².